The van der Waals surface area contributed by atoms with Crippen molar-refractivity contribution in [3.63, 3.8) is 0 Å². The molecule has 0 bridgehead atoms. The summed E-state index contributed by atoms with van der Waals surface area (Å²) >= 11 is 5.85. The number of benzene rings is 2. The summed E-state index contributed by atoms with van der Waals surface area (Å²) in [5.74, 6) is -0.163. The highest BCUT2D eigenvalue weighted by molar-refractivity contribution is 7.89. The monoisotopic (exact) mass is 435 g/mol. The molecule has 1 heterocycles. The first-order valence-corrected chi connectivity index (χ1v) is 11.5. The molecule has 1 amide bonds. The number of halogens is 1. The smallest absolute Gasteiger partial charge is 0.243 e. The van der Waals surface area contributed by atoms with Crippen LogP contribution in [0, 0.1) is 0 Å². The Labute approximate surface area is 177 Å². The summed E-state index contributed by atoms with van der Waals surface area (Å²) in [7, 11) is -3.74. The molecule has 1 fully saturated rings. The molecule has 0 radical (unpaired) electrons. The summed E-state index contributed by atoms with van der Waals surface area (Å²) in [6, 6.07) is 16.2. The first-order valence-electron chi connectivity index (χ1n) is 9.70. The summed E-state index contributed by atoms with van der Waals surface area (Å²) in [5, 5.41) is 0.469. The minimum absolute atomic E-state index is 0.143. The molecule has 0 aromatic heterocycles. The molecule has 0 spiro atoms. The van der Waals surface area contributed by atoms with Gasteiger partial charge in [0.15, 0.2) is 0 Å². The zero-order chi connectivity index (χ0) is 20.9. The fourth-order valence-electron chi connectivity index (χ4n) is 3.37. The van der Waals surface area contributed by atoms with Crippen LogP contribution in [0.4, 0.5) is 0 Å². The van der Waals surface area contributed by atoms with Gasteiger partial charge in [0.05, 0.1) is 11.4 Å². The summed E-state index contributed by atoms with van der Waals surface area (Å²) in [6.07, 6.45) is 0. The molecule has 0 unspecified atom stereocenters. The Morgan fingerprint density at radius 1 is 1.00 bits per heavy atom. The standard InChI is InChI=1S/C21H26ClN3O3S/c1-2-25(29(27,28)20-10-8-19(22)9-11-20)17-21(26)24-14-12-23(13-15-24)16-18-6-4-3-5-7-18/h3-11H,2,12-17H2,1H3. The normalized spacial score (nSPS) is 15.6. The van der Waals surface area contributed by atoms with Crippen LogP contribution in [0.3, 0.4) is 0 Å². The summed E-state index contributed by atoms with van der Waals surface area (Å²) < 4.78 is 26.9. The van der Waals surface area contributed by atoms with Crippen LogP contribution in [0.15, 0.2) is 59.5 Å². The average Bonchev–Trinajstić information content (AvgIpc) is 2.73. The minimum atomic E-state index is -3.74. The van der Waals surface area contributed by atoms with Crippen LogP contribution >= 0.6 is 11.6 Å². The quantitative estimate of drug-likeness (QED) is 0.670. The number of amides is 1. The van der Waals surface area contributed by atoms with Gasteiger partial charge >= 0.3 is 0 Å². The van der Waals surface area contributed by atoms with Gasteiger partial charge in [0.25, 0.3) is 0 Å². The molecule has 29 heavy (non-hydrogen) atoms. The fourth-order valence-corrected chi connectivity index (χ4v) is 4.89. The van der Waals surface area contributed by atoms with Crippen LogP contribution in [0.5, 0.6) is 0 Å². The topological polar surface area (TPSA) is 60.9 Å². The van der Waals surface area contributed by atoms with E-state index in [1.165, 1.54) is 34.1 Å². The number of carbonyl (C=O) groups is 1. The molecule has 2 aromatic rings. The number of piperazine rings is 1. The average molecular weight is 436 g/mol. The highest BCUT2D eigenvalue weighted by Gasteiger charge is 2.28. The van der Waals surface area contributed by atoms with Crippen molar-refractivity contribution in [2.24, 2.45) is 0 Å². The maximum atomic E-state index is 12.9. The molecular formula is C21H26ClN3O3S. The van der Waals surface area contributed by atoms with Crippen LogP contribution in [-0.4, -0.2) is 67.7 Å². The lowest BCUT2D eigenvalue weighted by molar-refractivity contribution is -0.133. The molecule has 6 nitrogen and oxygen atoms in total. The number of hydrogen-bond donors (Lipinski definition) is 0. The van der Waals surface area contributed by atoms with Crippen LogP contribution in [0.1, 0.15) is 12.5 Å². The predicted molar refractivity (Wildman–Crippen MR) is 114 cm³/mol. The number of likely N-dealkylation sites (N-methyl/N-ethyl adjacent to an activating group) is 1. The molecule has 1 aliphatic rings. The van der Waals surface area contributed by atoms with E-state index >= 15 is 0 Å². The minimum Gasteiger partial charge on any atom is -0.339 e. The molecule has 1 aliphatic heterocycles. The SMILES string of the molecule is CCN(CC(=O)N1CCN(Cc2ccccc2)CC1)S(=O)(=O)c1ccc(Cl)cc1. The molecule has 8 heteroatoms. The van der Waals surface area contributed by atoms with Crippen molar-refractivity contribution >= 4 is 27.5 Å². The molecule has 0 saturated carbocycles. The molecule has 3 rings (SSSR count). The summed E-state index contributed by atoms with van der Waals surface area (Å²) in [4.78, 5) is 16.9. The van der Waals surface area contributed by atoms with Crippen molar-refractivity contribution in [1.29, 1.82) is 0 Å². The maximum absolute atomic E-state index is 12.9. The Hall–Kier alpha value is -1.93. The van der Waals surface area contributed by atoms with E-state index in [1.54, 1.807) is 11.8 Å². The van der Waals surface area contributed by atoms with Gasteiger partial charge in [-0.05, 0) is 29.8 Å². The molecule has 1 saturated heterocycles. The van der Waals surface area contributed by atoms with E-state index in [0.29, 0.717) is 18.1 Å². The third-order valence-electron chi connectivity index (χ3n) is 5.09. The third kappa shape index (κ3) is 5.57. The number of rotatable bonds is 7. The second-order valence-electron chi connectivity index (χ2n) is 7.03. The molecule has 0 atom stereocenters. The lowest BCUT2D eigenvalue weighted by Gasteiger charge is -2.35. The maximum Gasteiger partial charge on any atom is 0.243 e. The van der Waals surface area contributed by atoms with Crippen molar-refractivity contribution in [3.05, 3.63) is 65.2 Å². The van der Waals surface area contributed by atoms with E-state index in [1.807, 2.05) is 18.2 Å². The summed E-state index contributed by atoms with van der Waals surface area (Å²) in [5.41, 5.74) is 1.25. The fraction of sp³-hybridized carbons (Fsp3) is 0.381. The number of sulfonamides is 1. The van der Waals surface area contributed by atoms with Gasteiger partial charge in [-0.2, -0.15) is 4.31 Å². The highest BCUT2D eigenvalue weighted by Crippen LogP contribution is 2.19. The molecule has 156 valence electrons. The highest BCUT2D eigenvalue weighted by atomic mass is 35.5. The third-order valence-corrected chi connectivity index (χ3v) is 7.28. The lowest BCUT2D eigenvalue weighted by Crippen LogP contribution is -2.51. The Morgan fingerprint density at radius 3 is 2.21 bits per heavy atom. The van der Waals surface area contributed by atoms with E-state index in [2.05, 4.69) is 17.0 Å². The van der Waals surface area contributed by atoms with E-state index < -0.39 is 10.0 Å². The van der Waals surface area contributed by atoms with Crippen molar-refractivity contribution < 1.29 is 13.2 Å². The molecule has 0 aliphatic carbocycles. The van der Waals surface area contributed by atoms with Crippen molar-refractivity contribution in [2.45, 2.75) is 18.4 Å². The van der Waals surface area contributed by atoms with Crippen LogP contribution < -0.4 is 0 Å². The number of hydrogen-bond acceptors (Lipinski definition) is 4. The van der Waals surface area contributed by atoms with Gasteiger partial charge in [-0.15, -0.1) is 0 Å². The van der Waals surface area contributed by atoms with E-state index in [-0.39, 0.29) is 23.9 Å². The predicted octanol–water partition coefficient (Wildman–Crippen LogP) is 2.70. The molecule has 0 N–H and O–H groups in total. The number of carbonyl (C=O) groups excluding carboxylic acids is 1. The number of nitrogens with zero attached hydrogens (tertiary/aromatic N) is 3. The van der Waals surface area contributed by atoms with E-state index in [4.69, 9.17) is 11.6 Å². The Bertz CT molecular complexity index is 912. The van der Waals surface area contributed by atoms with Crippen molar-refractivity contribution in [3.8, 4) is 0 Å². The van der Waals surface area contributed by atoms with Gasteiger partial charge in [0.2, 0.25) is 15.9 Å². The van der Waals surface area contributed by atoms with Crippen molar-refractivity contribution in [1.82, 2.24) is 14.1 Å². The first kappa shape index (κ1) is 21.8. The zero-order valence-electron chi connectivity index (χ0n) is 16.5. The second kappa shape index (κ2) is 9.71. The molecular weight excluding hydrogens is 410 g/mol. The van der Waals surface area contributed by atoms with Gasteiger partial charge in [0.1, 0.15) is 0 Å². The van der Waals surface area contributed by atoms with Crippen LogP contribution in [0.2, 0.25) is 5.02 Å². The van der Waals surface area contributed by atoms with Crippen LogP contribution in [0.25, 0.3) is 0 Å². The lowest BCUT2D eigenvalue weighted by atomic mass is 10.2. The largest absolute Gasteiger partial charge is 0.339 e. The summed E-state index contributed by atoms with van der Waals surface area (Å²) in [6.45, 7) is 5.42. The Kier molecular flexibility index (Phi) is 7.29. The van der Waals surface area contributed by atoms with Gasteiger partial charge in [-0.25, -0.2) is 8.42 Å². The second-order valence-corrected chi connectivity index (χ2v) is 9.40. The van der Waals surface area contributed by atoms with Crippen LogP contribution in [-0.2, 0) is 21.4 Å². The first-order chi connectivity index (χ1) is 13.9. The van der Waals surface area contributed by atoms with E-state index in [9.17, 15) is 13.2 Å². The zero-order valence-corrected chi connectivity index (χ0v) is 18.1. The van der Waals surface area contributed by atoms with Gasteiger partial charge in [0, 0.05) is 44.3 Å². The van der Waals surface area contributed by atoms with Gasteiger partial charge in [-0.1, -0.05) is 48.9 Å². The van der Waals surface area contributed by atoms with Gasteiger partial charge < -0.3 is 4.90 Å². The Morgan fingerprint density at radius 2 is 1.62 bits per heavy atom. The van der Waals surface area contributed by atoms with Gasteiger partial charge in [-0.3, -0.25) is 9.69 Å². The Balaban J connectivity index is 1.57. The van der Waals surface area contributed by atoms with Crippen molar-refractivity contribution in [2.75, 3.05) is 39.3 Å². The van der Waals surface area contributed by atoms with E-state index in [0.717, 1.165) is 19.6 Å². The molecule has 2 aromatic carbocycles.